The van der Waals surface area contributed by atoms with Gasteiger partial charge in [-0.1, -0.05) is 6.07 Å². The predicted octanol–water partition coefficient (Wildman–Crippen LogP) is 2.95. The monoisotopic (exact) mass is 470 g/mol. The Morgan fingerprint density at radius 1 is 1.12 bits per heavy atom. The third-order valence-electron chi connectivity index (χ3n) is 5.36. The van der Waals surface area contributed by atoms with E-state index >= 15 is 0 Å². The minimum absolute atomic E-state index is 0.00692. The van der Waals surface area contributed by atoms with Crippen LogP contribution >= 0.6 is 0 Å². The first kappa shape index (κ1) is 24.6. The molecule has 0 aliphatic carbocycles. The summed E-state index contributed by atoms with van der Waals surface area (Å²) in [5, 5.41) is 9.01. The average molecular weight is 470 g/mol. The van der Waals surface area contributed by atoms with Crippen molar-refractivity contribution >= 4 is 29.4 Å². The molecule has 1 N–H and O–H groups in total. The Kier molecular flexibility index (Phi) is 6.80. The van der Waals surface area contributed by atoms with Crippen molar-refractivity contribution in [2.24, 2.45) is 0 Å². The number of benzene rings is 2. The molecule has 3 rings (SSSR count). The van der Waals surface area contributed by atoms with Crippen LogP contribution in [0.15, 0.2) is 36.4 Å². The maximum Gasteiger partial charge on any atom is 0.341 e. The lowest BCUT2D eigenvalue weighted by molar-refractivity contribution is -0.139. The number of hydrogen-bond donors (Lipinski definition) is 1. The van der Waals surface area contributed by atoms with Crippen LogP contribution in [-0.4, -0.2) is 66.6 Å². The Morgan fingerprint density at radius 3 is 2.44 bits per heavy atom. The molecule has 0 radical (unpaired) electrons. The molecule has 1 aliphatic heterocycles. The smallest absolute Gasteiger partial charge is 0.341 e. The summed E-state index contributed by atoms with van der Waals surface area (Å²) in [5.74, 6) is -2.51. The molecular weight excluding hydrogens is 444 g/mol. The molecule has 0 fully saturated rings. The van der Waals surface area contributed by atoms with Crippen molar-refractivity contribution in [3.8, 4) is 17.2 Å². The molecule has 0 unspecified atom stereocenters. The number of likely N-dealkylation sites (N-methyl/N-ethyl adjacent to an activating group) is 1. The standard InChI is InChI=1S/C24H26N2O8/c1-24(2,3)25(4)19(27)12-26-15-11-14(23(31)32-5)9-10-16(15)34-18-8-6-7-17(21(18)22(26)30)33-13-20(28)29/h6-11H,12-13H2,1-5H3,(H,28,29). The van der Waals surface area contributed by atoms with Gasteiger partial charge in [0.2, 0.25) is 5.91 Å². The van der Waals surface area contributed by atoms with E-state index in [0.717, 1.165) is 0 Å². The molecule has 0 atom stereocenters. The Balaban J connectivity index is 2.15. The van der Waals surface area contributed by atoms with Gasteiger partial charge in [-0.3, -0.25) is 14.5 Å². The number of aliphatic carboxylic acids is 1. The molecule has 1 aliphatic rings. The summed E-state index contributed by atoms with van der Waals surface area (Å²) in [5.41, 5.74) is -0.199. The Hall–Kier alpha value is -4.08. The lowest BCUT2D eigenvalue weighted by Gasteiger charge is -2.34. The molecule has 0 saturated carbocycles. The van der Waals surface area contributed by atoms with E-state index < -0.39 is 30.0 Å². The third kappa shape index (κ3) is 4.95. The first-order chi connectivity index (χ1) is 15.9. The maximum atomic E-state index is 13.8. The van der Waals surface area contributed by atoms with Crippen molar-refractivity contribution in [2.75, 3.05) is 32.2 Å². The number of nitrogens with zero attached hydrogens (tertiary/aromatic N) is 2. The van der Waals surface area contributed by atoms with Crippen molar-refractivity contribution < 1.29 is 38.5 Å². The van der Waals surface area contributed by atoms with E-state index in [-0.39, 0.29) is 46.5 Å². The van der Waals surface area contributed by atoms with E-state index in [9.17, 15) is 19.2 Å². The summed E-state index contributed by atoms with van der Waals surface area (Å²) in [6.45, 7) is 4.54. The van der Waals surface area contributed by atoms with Crippen LogP contribution in [0, 0.1) is 0 Å². The van der Waals surface area contributed by atoms with Crippen LogP contribution in [0.25, 0.3) is 0 Å². The van der Waals surface area contributed by atoms with Gasteiger partial charge in [0.25, 0.3) is 5.91 Å². The van der Waals surface area contributed by atoms with Gasteiger partial charge in [0, 0.05) is 12.6 Å². The van der Waals surface area contributed by atoms with E-state index in [1.807, 2.05) is 20.8 Å². The van der Waals surface area contributed by atoms with Crippen molar-refractivity contribution in [1.29, 1.82) is 0 Å². The number of amides is 2. The zero-order valence-electron chi connectivity index (χ0n) is 19.6. The first-order valence-electron chi connectivity index (χ1n) is 10.4. The van der Waals surface area contributed by atoms with Gasteiger partial charge >= 0.3 is 11.9 Å². The van der Waals surface area contributed by atoms with Crippen LogP contribution in [0.1, 0.15) is 41.5 Å². The number of ether oxygens (including phenoxy) is 3. The SMILES string of the molecule is COC(=O)c1ccc2c(c1)N(CC(=O)N(C)C(C)(C)C)C(=O)c1c(OCC(=O)O)cccc1O2. The number of hydrogen-bond acceptors (Lipinski definition) is 7. The van der Waals surface area contributed by atoms with Crippen molar-refractivity contribution in [3.63, 3.8) is 0 Å². The Bertz CT molecular complexity index is 1150. The topological polar surface area (TPSA) is 123 Å². The van der Waals surface area contributed by atoms with Crippen molar-refractivity contribution in [2.45, 2.75) is 26.3 Å². The highest BCUT2D eigenvalue weighted by Crippen LogP contribution is 2.42. The third-order valence-corrected chi connectivity index (χ3v) is 5.36. The number of carbonyl (C=O) groups is 4. The average Bonchev–Trinajstić information content (AvgIpc) is 2.90. The number of carbonyl (C=O) groups excluding carboxylic acids is 3. The molecule has 0 aromatic heterocycles. The van der Waals surface area contributed by atoms with Crippen LogP contribution in [0.2, 0.25) is 0 Å². The van der Waals surface area contributed by atoms with Gasteiger partial charge < -0.3 is 24.2 Å². The summed E-state index contributed by atoms with van der Waals surface area (Å²) >= 11 is 0. The minimum atomic E-state index is -1.22. The molecule has 1 heterocycles. The van der Waals surface area contributed by atoms with Gasteiger partial charge in [0.1, 0.15) is 23.6 Å². The van der Waals surface area contributed by atoms with Crippen LogP contribution in [-0.2, 0) is 14.3 Å². The second kappa shape index (κ2) is 9.42. The predicted molar refractivity (Wildman–Crippen MR) is 122 cm³/mol. The zero-order chi connectivity index (χ0) is 25.2. The fourth-order valence-corrected chi connectivity index (χ4v) is 3.26. The normalized spacial score (nSPS) is 12.6. The number of carboxylic acids is 1. The maximum absolute atomic E-state index is 13.8. The largest absolute Gasteiger partial charge is 0.481 e. The Labute approximate surface area is 196 Å². The van der Waals surface area contributed by atoms with E-state index in [1.54, 1.807) is 13.1 Å². The molecular formula is C24H26N2O8. The molecule has 0 saturated heterocycles. The fraction of sp³-hybridized carbons (Fsp3) is 0.333. The highest BCUT2D eigenvalue weighted by molar-refractivity contribution is 6.14. The summed E-state index contributed by atoms with van der Waals surface area (Å²) in [7, 11) is 2.86. The lowest BCUT2D eigenvalue weighted by Crippen LogP contribution is -2.48. The molecule has 0 bridgehead atoms. The molecule has 2 amide bonds. The van der Waals surface area contributed by atoms with Crippen LogP contribution in [0.5, 0.6) is 17.2 Å². The number of methoxy groups -OCH3 is 1. The van der Waals surface area contributed by atoms with E-state index in [2.05, 4.69) is 0 Å². The van der Waals surface area contributed by atoms with Crippen LogP contribution in [0.3, 0.4) is 0 Å². The summed E-state index contributed by atoms with van der Waals surface area (Å²) in [6.07, 6.45) is 0. The van der Waals surface area contributed by atoms with Gasteiger partial charge in [-0.15, -0.1) is 0 Å². The number of fused-ring (bicyclic) bond motifs is 2. The number of rotatable bonds is 6. The summed E-state index contributed by atoms with van der Waals surface area (Å²) in [6, 6.07) is 8.92. The summed E-state index contributed by atoms with van der Waals surface area (Å²) < 4.78 is 16.1. The minimum Gasteiger partial charge on any atom is -0.481 e. The highest BCUT2D eigenvalue weighted by atomic mass is 16.5. The van der Waals surface area contributed by atoms with Gasteiger partial charge in [-0.2, -0.15) is 0 Å². The lowest BCUT2D eigenvalue weighted by atomic mass is 10.1. The van der Waals surface area contributed by atoms with E-state index in [0.29, 0.717) is 0 Å². The van der Waals surface area contributed by atoms with Crippen LogP contribution < -0.4 is 14.4 Å². The van der Waals surface area contributed by atoms with E-state index in [1.165, 1.54) is 47.2 Å². The fourth-order valence-electron chi connectivity index (χ4n) is 3.26. The van der Waals surface area contributed by atoms with Gasteiger partial charge in [-0.25, -0.2) is 9.59 Å². The Morgan fingerprint density at radius 2 is 1.82 bits per heavy atom. The molecule has 2 aromatic carbocycles. The molecule has 10 heteroatoms. The van der Waals surface area contributed by atoms with Crippen molar-refractivity contribution in [3.05, 3.63) is 47.5 Å². The second-order valence-electron chi connectivity index (χ2n) is 8.60. The van der Waals surface area contributed by atoms with Gasteiger partial charge in [0.05, 0.1) is 18.4 Å². The number of esters is 1. The number of anilines is 1. The molecule has 2 aromatic rings. The second-order valence-corrected chi connectivity index (χ2v) is 8.60. The summed E-state index contributed by atoms with van der Waals surface area (Å²) in [4.78, 5) is 52.7. The van der Waals surface area contributed by atoms with Gasteiger partial charge in [0.15, 0.2) is 12.4 Å². The number of carboxylic acid groups (broad SMARTS) is 1. The van der Waals surface area contributed by atoms with E-state index in [4.69, 9.17) is 19.3 Å². The molecule has 180 valence electrons. The van der Waals surface area contributed by atoms with Gasteiger partial charge in [-0.05, 0) is 51.1 Å². The molecule has 34 heavy (non-hydrogen) atoms. The van der Waals surface area contributed by atoms with Crippen molar-refractivity contribution in [1.82, 2.24) is 4.90 Å². The van der Waals surface area contributed by atoms with Crippen LogP contribution in [0.4, 0.5) is 5.69 Å². The zero-order valence-corrected chi connectivity index (χ0v) is 19.6. The highest BCUT2D eigenvalue weighted by Gasteiger charge is 2.35. The quantitative estimate of drug-likeness (QED) is 0.640. The molecule has 0 spiro atoms. The first-order valence-corrected chi connectivity index (χ1v) is 10.4. The molecule has 10 nitrogen and oxygen atoms in total.